The van der Waals surface area contributed by atoms with E-state index >= 15 is 0 Å². The minimum Gasteiger partial charge on any atom is -0.314 e. The minimum atomic E-state index is -0.474. The molecule has 0 fully saturated rings. The van der Waals surface area contributed by atoms with E-state index in [9.17, 15) is 9.59 Å². The predicted octanol–water partition coefficient (Wildman–Crippen LogP) is -0.0649. The molecule has 0 spiro atoms. The summed E-state index contributed by atoms with van der Waals surface area (Å²) in [5.74, 6) is 0. The van der Waals surface area contributed by atoms with Crippen LogP contribution in [-0.4, -0.2) is 21.7 Å². The molecule has 16 heavy (non-hydrogen) atoms. The largest absolute Gasteiger partial charge is 0.316 e. The van der Waals surface area contributed by atoms with Gasteiger partial charge < -0.3 is 14.5 Å². The van der Waals surface area contributed by atoms with E-state index in [2.05, 4.69) is 12.2 Å². The highest BCUT2D eigenvalue weighted by atomic mass is 16.2. The number of rotatable bonds is 5. The summed E-state index contributed by atoms with van der Waals surface area (Å²) in [5.41, 5.74) is -0.924. The maximum Gasteiger partial charge on any atom is 0.316 e. The molecule has 0 bridgehead atoms. The maximum atomic E-state index is 11.6. The number of aryl methyl sites for hydroxylation is 2. The van der Waals surface area contributed by atoms with Crippen molar-refractivity contribution in [3.05, 3.63) is 33.1 Å². The van der Waals surface area contributed by atoms with Gasteiger partial charge in [0.1, 0.15) is 0 Å². The molecule has 0 aromatic carbocycles. The van der Waals surface area contributed by atoms with Crippen molar-refractivity contribution in [2.45, 2.75) is 32.9 Å². The first-order chi connectivity index (χ1) is 7.56. The second-order valence-electron chi connectivity index (χ2n) is 3.96. The monoisotopic (exact) mass is 225 g/mol. The Hall–Kier alpha value is -1.36. The summed E-state index contributed by atoms with van der Waals surface area (Å²) in [4.78, 5) is 22.9. The fraction of sp³-hybridized carbons (Fsp3) is 0.636. The summed E-state index contributed by atoms with van der Waals surface area (Å²) in [6, 6.07) is 0.348. The van der Waals surface area contributed by atoms with Gasteiger partial charge in [-0.3, -0.25) is 9.59 Å². The third kappa shape index (κ3) is 3.06. The molecule has 1 unspecified atom stereocenters. The highest BCUT2D eigenvalue weighted by molar-refractivity contribution is 4.84. The second kappa shape index (κ2) is 5.65. The molecule has 1 aromatic heterocycles. The van der Waals surface area contributed by atoms with Crippen LogP contribution in [0.1, 0.15) is 20.3 Å². The van der Waals surface area contributed by atoms with E-state index in [4.69, 9.17) is 0 Å². The quantitative estimate of drug-likeness (QED) is 0.714. The Morgan fingerprint density at radius 1 is 1.31 bits per heavy atom. The van der Waals surface area contributed by atoms with Gasteiger partial charge in [0.25, 0.3) is 0 Å². The maximum absolute atomic E-state index is 11.6. The molecule has 0 saturated carbocycles. The van der Waals surface area contributed by atoms with Crippen LogP contribution in [0.3, 0.4) is 0 Å². The molecular weight excluding hydrogens is 206 g/mol. The van der Waals surface area contributed by atoms with E-state index in [-0.39, 0.29) is 0 Å². The van der Waals surface area contributed by atoms with Gasteiger partial charge in [0.15, 0.2) is 0 Å². The molecule has 1 heterocycles. The topological polar surface area (TPSA) is 56.0 Å². The zero-order valence-corrected chi connectivity index (χ0v) is 10.1. The lowest BCUT2D eigenvalue weighted by Crippen LogP contribution is -2.40. The third-order valence-corrected chi connectivity index (χ3v) is 2.59. The Bertz CT molecular complexity index is 447. The van der Waals surface area contributed by atoms with Crippen LogP contribution < -0.4 is 16.4 Å². The number of nitrogens with zero attached hydrogens (tertiary/aromatic N) is 2. The van der Waals surface area contributed by atoms with Gasteiger partial charge in [-0.25, -0.2) is 0 Å². The van der Waals surface area contributed by atoms with E-state index < -0.39 is 11.1 Å². The zero-order chi connectivity index (χ0) is 12.1. The Kier molecular flexibility index (Phi) is 4.49. The van der Waals surface area contributed by atoms with Gasteiger partial charge >= 0.3 is 11.1 Å². The molecule has 0 saturated heterocycles. The fourth-order valence-corrected chi connectivity index (χ4v) is 1.55. The smallest absolute Gasteiger partial charge is 0.314 e. The lowest BCUT2D eigenvalue weighted by atomic mass is 10.2. The van der Waals surface area contributed by atoms with Crippen molar-refractivity contribution >= 4 is 0 Å². The Labute approximate surface area is 94.7 Å². The SMILES string of the molecule is CCNC(C)CCn1ccn(C)c(=O)c1=O. The number of nitrogens with one attached hydrogen (secondary N) is 1. The van der Waals surface area contributed by atoms with Crippen molar-refractivity contribution in [1.29, 1.82) is 0 Å². The molecule has 1 aromatic rings. The molecule has 0 aliphatic heterocycles. The standard InChI is InChI=1S/C11H19N3O2/c1-4-12-9(2)5-6-14-8-7-13(3)10(15)11(14)16/h7-9,12H,4-6H2,1-3H3. The summed E-state index contributed by atoms with van der Waals surface area (Å²) in [7, 11) is 1.58. The van der Waals surface area contributed by atoms with Crippen molar-refractivity contribution in [1.82, 2.24) is 14.5 Å². The number of aromatic nitrogens is 2. The van der Waals surface area contributed by atoms with E-state index in [0.717, 1.165) is 13.0 Å². The molecule has 0 aliphatic rings. The van der Waals surface area contributed by atoms with Crippen LogP contribution in [0.15, 0.2) is 22.0 Å². The lowest BCUT2D eigenvalue weighted by molar-refractivity contribution is 0.478. The van der Waals surface area contributed by atoms with Crippen molar-refractivity contribution in [2.24, 2.45) is 7.05 Å². The van der Waals surface area contributed by atoms with Gasteiger partial charge in [0, 0.05) is 32.0 Å². The second-order valence-corrected chi connectivity index (χ2v) is 3.96. The Balaban J connectivity index is 2.72. The van der Waals surface area contributed by atoms with Gasteiger partial charge in [0.05, 0.1) is 0 Å². The van der Waals surface area contributed by atoms with Crippen LogP contribution in [0.4, 0.5) is 0 Å². The molecular formula is C11H19N3O2. The average Bonchev–Trinajstić information content (AvgIpc) is 2.25. The third-order valence-electron chi connectivity index (χ3n) is 2.59. The van der Waals surface area contributed by atoms with Crippen LogP contribution in [0.25, 0.3) is 0 Å². The van der Waals surface area contributed by atoms with Crippen LogP contribution in [-0.2, 0) is 13.6 Å². The minimum absolute atomic E-state index is 0.348. The summed E-state index contributed by atoms with van der Waals surface area (Å²) in [6.07, 6.45) is 4.10. The number of hydrogen-bond acceptors (Lipinski definition) is 3. The summed E-state index contributed by atoms with van der Waals surface area (Å²) < 4.78 is 2.77. The molecule has 1 N–H and O–H groups in total. The van der Waals surface area contributed by atoms with Crippen LogP contribution in [0.2, 0.25) is 0 Å². The molecule has 0 amide bonds. The lowest BCUT2D eigenvalue weighted by Gasteiger charge is -2.13. The van der Waals surface area contributed by atoms with Crippen molar-refractivity contribution in [3.63, 3.8) is 0 Å². The average molecular weight is 225 g/mol. The van der Waals surface area contributed by atoms with E-state index in [1.165, 1.54) is 9.13 Å². The zero-order valence-electron chi connectivity index (χ0n) is 10.1. The van der Waals surface area contributed by atoms with Crippen molar-refractivity contribution < 1.29 is 0 Å². The molecule has 0 aliphatic carbocycles. The van der Waals surface area contributed by atoms with Gasteiger partial charge in [-0.2, -0.15) is 0 Å². The van der Waals surface area contributed by atoms with Crippen LogP contribution in [0.5, 0.6) is 0 Å². The molecule has 0 radical (unpaired) electrons. The molecule has 1 rings (SSSR count). The summed E-state index contributed by atoms with van der Waals surface area (Å²) >= 11 is 0. The highest BCUT2D eigenvalue weighted by Crippen LogP contribution is 1.92. The van der Waals surface area contributed by atoms with E-state index in [0.29, 0.717) is 12.6 Å². The van der Waals surface area contributed by atoms with Crippen molar-refractivity contribution in [3.8, 4) is 0 Å². The Morgan fingerprint density at radius 2 is 2.00 bits per heavy atom. The molecule has 90 valence electrons. The van der Waals surface area contributed by atoms with Gasteiger partial charge in [-0.1, -0.05) is 6.92 Å². The van der Waals surface area contributed by atoms with Crippen LogP contribution >= 0.6 is 0 Å². The Morgan fingerprint density at radius 3 is 2.62 bits per heavy atom. The van der Waals surface area contributed by atoms with Crippen LogP contribution in [0, 0.1) is 0 Å². The van der Waals surface area contributed by atoms with E-state index in [1.807, 2.05) is 6.92 Å². The molecule has 1 atom stereocenters. The first-order valence-electron chi connectivity index (χ1n) is 5.55. The first kappa shape index (κ1) is 12.7. The predicted molar refractivity (Wildman–Crippen MR) is 63.7 cm³/mol. The molecule has 5 heteroatoms. The van der Waals surface area contributed by atoms with Gasteiger partial charge in [-0.05, 0) is 19.9 Å². The fourth-order valence-electron chi connectivity index (χ4n) is 1.55. The van der Waals surface area contributed by atoms with Gasteiger partial charge in [-0.15, -0.1) is 0 Å². The first-order valence-corrected chi connectivity index (χ1v) is 5.55. The highest BCUT2D eigenvalue weighted by Gasteiger charge is 2.04. The molecule has 5 nitrogen and oxygen atoms in total. The number of hydrogen-bond donors (Lipinski definition) is 1. The normalized spacial score (nSPS) is 12.7. The van der Waals surface area contributed by atoms with Gasteiger partial charge in [0.2, 0.25) is 0 Å². The van der Waals surface area contributed by atoms with Crippen molar-refractivity contribution in [2.75, 3.05) is 6.54 Å². The summed E-state index contributed by atoms with van der Waals surface area (Å²) in [5, 5.41) is 3.26. The van der Waals surface area contributed by atoms with E-state index in [1.54, 1.807) is 19.4 Å². The summed E-state index contributed by atoms with van der Waals surface area (Å²) in [6.45, 7) is 5.59.